The molecule has 2 nitrogen and oxygen atoms in total. The van der Waals surface area contributed by atoms with Gasteiger partial charge in [0.2, 0.25) is 0 Å². The molecular formula is C8H6N2S. The predicted molar refractivity (Wildman–Crippen MR) is 47.5 cm³/mol. The van der Waals surface area contributed by atoms with Gasteiger partial charge in [0.25, 0.3) is 0 Å². The zero-order chi connectivity index (χ0) is 7.68. The number of hydrogen-bond acceptors (Lipinski definition) is 3. The first-order valence-electron chi connectivity index (χ1n) is 3.25. The lowest BCUT2D eigenvalue weighted by Crippen LogP contribution is -1.74. The average molecular weight is 162 g/mol. The zero-order valence-corrected chi connectivity index (χ0v) is 6.64. The Morgan fingerprint density at radius 3 is 3.18 bits per heavy atom. The highest BCUT2D eigenvalue weighted by atomic mass is 32.1. The maximum atomic E-state index is 3.99. The van der Waals surface area contributed by atoms with Gasteiger partial charge in [-0.05, 0) is 17.6 Å². The number of hydrogen-bond donors (Lipinski definition) is 0. The van der Waals surface area contributed by atoms with Gasteiger partial charge in [-0.1, -0.05) is 29.3 Å². The maximum absolute atomic E-state index is 3.99. The van der Waals surface area contributed by atoms with Crippen molar-refractivity contribution in [2.45, 2.75) is 0 Å². The van der Waals surface area contributed by atoms with E-state index in [4.69, 9.17) is 0 Å². The molecule has 0 saturated heterocycles. The van der Waals surface area contributed by atoms with E-state index in [0.717, 1.165) is 15.8 Å². The molecule has 2 aromatic rings. The molecule has 0 aliphatic heterocycles. The standard InChI is InChI=1S/C8H6N2S/c1-2-6-4-3-5-7-8(6)9-10-11-7/h2-5H,1H2. The number of nitrogens with zero attached hydrogens (tertiary/aromatic N) is 2. The van der Waals surface area contributed by atoms with E-state index < -0.39 is 0 Å². The van der Waals surface area contributed by atoms with E-state index in [9.17, 15) is 0 Å². The van der Waals surface area contributed by atoms with Crippen molar-refractivity contribution in [2.24, 2.45) is 0 Å². The van der Waals surface area contributed by atoms with Crippen LogP contribution in [0.1, 0.15) is 5.56 Å². The summed E-state index contributed by atoms with van der Waals surface area (Å²) in [5.41, 5.74) is 2.00. The Labute approximate surface area is 68.3 Å². The van der Waals surface area contributed by atoms with Crippen LogP contribution in [0.3, 0.4) is 0 Å². The smallest absolute Gasteiger partial charge is 0.113 e. The van der Waals surface area contributed by atoms with Gasteiger partial charge < -0.3 is 0 Å². The van der Waals surface area contributed by atoms with Crippen LogP contribution in [0, 0.1) is 0 Å². The van der Waals surface area contributed by atoms with Crippen LogP contribution in [-0.4, -0.2) is 9.59 Å². The first kappa shape index (κ1) is 6.49. The van der Waals surface area contributed by atoms with Crippen LogP contribution in [0.5, 0.6) is 0 Å². The fourth-order valence-electron chi connectivity index (χ4n) is 0.990. The summed E-state index contributed by atoms with van der Waals surface area (Å²) in [5, 5.41) is 3.99. The molecule has 11 heavy (non-hydrogen) atoms. The Balaban J connectivity index is 2.88. The van der Waals surface area contributed by atoms with E-state index in [2.05, 4.69) is 16.2 Å². The van der Waals surface area contributed by atoms with Crippen LogP contribution in [0.2, 0.25) is 0 Å². The first-order valence-corrected chi connectivity index (χ1v) is 4.02. The zero-order valence-electron chi connectivity index (χ0n) is 5.82. The molecule has 0 aliphatic carbocycles. The quantitative estimate of drug-likeness (QED) is 0.643. The minimum Gasteiger partial charge on any atom is -0.137 e. The fraction of sp³-hybridized carbons (Fsp3) is 0. The minimum atomic E-state index is 0.951. The summed E-state index contributed by atoms with van der Waals surface area (Å²) in [7, 11) is 0. The van der Waals surface area contributed by atoms with Crippen LogP contribution >= 0.6 is 11.5 Å². The topological polar surface area (TPSA) is 25.8 Å². The molecule has 0 bridgehead atoms. The molecule has 0 amide bonds. The number of benzene rings is 1. The van der Waals surface area contributed by atoms with Gasteiger partial charge in [0.05, 0.1) is 4.70 Å². The molecule has 0 N–H and O–H groups in total. The lowest BCUT2D eigenvalue weighted by molar-refractivity contribution is 1.20. The molecular weight excluding hydrogens is 156 g/mol. The molecule has 1 aromatic heterocycles. The summed E-state index contributed by atoms with van der Waals surface area (Å²) in [6, 6.07) is 5.98. The lowest BCUT2D eigenvalue weighted by atomic mass is 10.2. The summed E-state index contributed by atoms with van der Waals surface area (Å²) in [6.45, 7) is 3.70. The van der Waals surface area contributed by atoms with Gasteiger partial charge in [0, 0.05) is 5.56 Å². The lowest BCUT2D eigenvalue weighted by Gasteiger charge is -1.90. The molecule has 0 aliphatic rings. The Morgan fingerprint density at radius 2 is 2.36 bits per heavy atom. The molecule has 0 spiro atoms. The first-order chi connectivity index (χ1) is 5.42. The third-order valence-corrected chi connectivity index (χ3v) is 2.22. The van der Waals surface area contributed by atoms with Crippen LogP contribution in [0.25, 0.3) is 16.3 Å². The van der Waals surface area contributed by atoms with Gasteiger partial charge in [0.1, 0.15) is 5.52 Å². The van der Waals surface area contributed by atoms with E-state index in [1.165, 1.54) is 11.5 Å². The second-order valence-corrected chi connectivity index (χ2v) is 2.96. The monoisotopic (exact) mass is 162 g/mol. The fourth-order valence-corrected chi connectivity index (χ4v) is 1.58. The van der Waals surface area contributed by atoms with Gasteiger partial charge in [-0.15, -0.1) is 5.10 Å². The maximum Gasteiger partial charge on any atom is 0.113 e. The second-order valence-electron chi connectivity index (χ2n) is 2.17. The Hall–Kier alpha value is -1.22. The van der Waals surface area contributed by atoms with Crippen LogP contribution < -0.4 is 0 Å². The van der Waals surface area contributed by atoms with Gasteiger partial charge in [0.15, 0.2) is 0 Å². The highest BCUT2D eigenvalue weighted by Crippen LogP contribution is 2.19. The van der Waals surface area contributed by atoms with Gasteiger partial charge in [-0.25, -0.2) is 0 Å². The number of rotatable bonds is 1. The summed E-state index contributed by atoms with van der Waals surface area (Å²) < 4.78 is 4.97. The molecule has 0 fully saturated rings. The normalized spacial score (nSPS) is 10.2. The number of fused-ring (bicyclic) bond motifs is 1. The van der Waals surface area contributed by atoms with Crippen molar-refractivity contribution >= 4 is 27.8 Å². The Morgan fingerprint density at radius 1 is 1.45 bits per heavy atom. The van der Waals surface area contributed by atoms with E-state index in [0.29, 0.717) is 0 Å². The van der Waals surface area contributed by atoms with Gasteiger partial charge >= 0.3 is 0 Å². The van der Waals surface area contributed by atoms with Gasteiger partial charge in [-0.2, -0.15) is 0 Å². The Bertz CT molecular complexity index is 392. The van der Waals surface area contributed by atoms with Crippen molar-refractivity contribution in [2.75, 3.05) is 0 Å². The van der Waals surface area contributed by atoms with E-state index in [-0.39, 0.29) is 0 Å². The van der Waals surface area contributed by atoms with Gasteiger partial charge in [-0.3, -0.25) is 0 Å². The SMILES string of the molecule is C=Cc1cccc2snnc12. The van der Waals surface area contributed by atoms with Crippen molar-refractivity contribution in [3.63, 3.8) is 0 Å². The van der Waals surface area contributed by atoms with Crippen molar-refractivity contribution in [3.8, 4) is 0 Å². The molecule has 2 rings (SSSR count). The molecule has 1 heterocycles. The molecule has 0 unspecified atom stereocenters. The molecule has 1 aromatic carbocycles. The molecule has 0 atom stereocenters. The third-order valence-electron chi connectivity index (χ3n) is 1.53. The highest BCUT2D eigenvalue weighted by molar-refractivity contribution is 7.12. The van der Waals surface area contributed by atoms with Crippen molar-refractivity contribution < 1.29 is 0 Å². The van der Waals surface area contributed by atoms with Crippen molar-refractivity contribution in [1.29, 1.82) is 0 Å². The second kappa shape index (κ2) is 2.43. The molecule has 0 saturated carbocycles. The number of aromatic nitrogens is 2. The van der Waals surface area contributed by atoms with E-state index in [1.807, 2.05) is 18.2 Å². The van der Waals surface area contributed by atoms with Crippen molar-refractivity contribution in [3.05, 3.63) is 30.3 Å². The van der Waals surface area contributed by atoms with Crippen LogP contribution in [-0.2, 0) is 0 Å². The summed E-state index contributed by atoms with van der Waals surface area (Å²) in [5.74, 6) is 0. The van der Waals surface area contributed by atoms with Crippen molar-refractivity contribution in [1.82, 2.24) is 9.59 Å². The highest BCUT2D eigenvalue weighted by Gasteiger charge is 1.99. The summed E-state index contributed by atoms with van der Waals surface area (Å²) >= 11 is 1.41. The Kier molecular flexibility index (Phi) is 1.43. The summed E-state index contributed by atoms with van der Waals surface area (Å²) in [6.07, 6.45) is 1.80. The molecule has 0 radical (unpaired) electrons. The predicted octanol–water partition coefficient (Wildman–Crippen LogP) is 2.33. The molecule has 3 heteroatoms. The van der Waals surface area contributed by atoms with Crippen LogP contribution in [0.4, 0.5) is 0 Å². The van der Waals surface area contributed by atoms with E-state index >= 15 is 0 Å². The minimum absolute atomic E-state index is 0.951. The molecule has 54 valence electrons. The summed E-state index contributed by atoms with van der Waals surface area (Å²) in [4.78, 5) is 0. The third kappa shape index (κ3) is 0.935. The van der Waals surface area contributed by atoms with Crippen LogP contribution in [0.15, 0.2) is 24.8 Å². The van der Waals surface area contributed by atoms with E-state index in [1.54, 1.807) is 6.08 Å². The largest absolute Gasteiger partial charge is 0.137 e. The average Bonchev–Trinajstić information content (AvgIpc) is 2.50.